The van der Waals surface area contributed by atoms with Crippen LogP contribution in [0.1, 0.15) is 16.7 Å². The van der Waals surface area contributed by atoms with Gasteiger partial charge in [-0.25, -0.2) is 12.8 Å². The predicted octanol–water partition coefficient (Wildman–Crippen LogP) is 4.18. The topological polar surface area (TPSA) is 110 Å². The molecule has 0 fully saturated rings. The van der Waals surface area contributed by atoms with Crippen molar-refractivity contribution in [2.45, 2.75) is 25.3 Å². The van der Waals surface area contributed by atoms with E-state index in [1.54, 1.807) is 12.1 Å². The second-order valence-electron chi connectivity index (χ2n) is 7.47. The number of amides is 1. The van der Waals surface area contributed by atoms with E-state index in [0.717, 1.165) is 9.87 Å². The zero-order valence-electron chi connectivity index (χ0n) is 18.0. The maximum absolute atomic E-state index is 13.3. The molecule has 3 aromatic rings. The van der Waals surface area contributed by atoms with Crippen LogP contribution >= 0.6 is 0 Å². The Morgan fingerprint density at radius 1 is 1.03 bits per heavy atom. The second-order valence-corrected chi connectivity index (χ2v) is 9.41. The SMILES string of the molecule is Cc1ccc(S(=O)(=O)N(CC(=O)Nc2cccc([N+](=O)[O-])c2C)Cc2ccc(F)cc2)cc1. The molecular formula is C23H22FN3O5S. The highest BCUT2D eigenvalue weighted by molar-refractivity contribution is 7.89. The normalized spacial score (nSPS) is 11.4. The van der Waals surface area contributed by atoms with Gasteiger partial charge >= 0.3 is 0 Å². The Balaban J connectivity index is 1.90. The smallest absolute Gasteiger partial charge is 0.274 e. The molecule has 0 spiro atoms. The second kappa shape index (κ2) is 9.88. The Hall–Kier alpha value is -3.63. The summed E-state index contributed by atoms with van der Waals surface area (Å²) in [6.45, 7) is 2.60. The lowest BCUT2D eigenvalue weighted by atomic mass is 10.1. The number of nitrogens with zero attached hydrogens (tertiary/aromatic N) is 2. The third-order valence-corrected chi connectivity index (χ3v) is 6.83. The maximum atomic E-state index is 13.3. The summed E-state index contributed by atoms with van der Waals surface area (Å²) in [6, 6.07) is 15.7. The van der Waals surface area contributed by atoms with Gasteiger partial charge in [-0.1, -0.05) is 35.9 Å². The van der Waals surface area contributed by atoms with Gasteiger partial charge in [0.15, 0.2) is 0 Å². The van der Waals surface area contributed by atoms with E-state index in [2.05, 4.69) is 5.32 Å². The predicted molar refractivity (Wildman–Crippen MR) is 122 cm³/mol. The summed E-state index contributed by atoms with van der Waals surface area (Å²) in [5, 5.41) is 13.7. The van der Waals surface area contributed by atoms with Crippen LogP contribution in [0.15, 0.2) is 71.6 Å². The van der Waals surface area contributed by atoms with Crippen LogP contribution in [0.2, 0.25) is 0 Å². The number of nitrogens with one attached hydrogen (secondary N) is 1. The fraction of sp³-hybridized carbons (Fsp3) is 0.174. The van der Waals surface area contributed by atoms with Crippen molar-refractivity contribution < 1.29 is 22.5 Å². The molecule has 8 nitrogen and oxygen atoms in total. The van der Waals surface area contributed by atoms with Gasteiger partial charge in [-0.05, 0) is 49.7 Å². The number of sulfonamides is 1. The lowest BCUT2D eigenvalue weighted by Crippen LogP contribution is -2.37. The molecule has 1 amide bonds. The number of aryl methyl sites for hydroxylation is 1. The van der Waals surface area contributed by atoms with E-state index in [9.17, 15) is 27.7 Å². The minimum Gasteiger partial charge on any atom is -0.324 e. The molecule has 0 bridgehead atoms. The van der Waals surface area contributed by atoms with Crippen molar-refractivity contribution in [3.63, 3.8) is 0 Å². The monoisotopic (exact) mass is 471 g/mol. The van der Waals surface area contributed by atoms with Crippen LogP contribution < -0.4 is 5.32 Å². The fourth-order valence-corrected chi connectivity index (χ4v) is 4.57. The maximum Gasteiger partial charge on any atom is 0.274 e. The highest BCUT2D eigenvalue weighted by atomic mass is 32.2. The third kappa shape index (κ3) is 5.79. The van der Waals surface area contributed by atoms with E-state index in [1.165, 1.54) is 61.5 Å². The number of nitro groups is 1. The number of nitro benzene ring substituents is 1. The van der Waals surface area contributed by atoms with Crippen molar-refractivity contribution in [1.29, 1.82) is 0 Å². The van der Waals surface area contributed by atoms with Crippen molar-refractivity contribution in [3.05, 3.63) is 99.4 Å². The molecule has 0 aliphatic rings. The zero-order chi connectivity index (χ0) is 24.2. The van der Waals surface area contributed by atoms with Crippen LogP contribution in [0.4, 0.5) is 15.8 Å². The van der Waals surface area contributed by atoms with Crippen LogP contribution in [0, 0.1) is 29.8 Å². The molecule has 3 aromatic carbocycles. The minimum atomic E-state index is -4.07. The Kier molecular flexibility index (Phi) is 7.19. The van der Waals surface area contributed by atoms with Crippen molar-refractivity contribution in [2.24, 2.45) is 0 Å². The summed E-state index contributed by atoms with van der Waals surface area (Å²) in [5.41, 5.74) is 1.67. The number of hydrogen-bond donors (Lipinski definition) is 1. The standard InChI is InChI=1S/C23H22FN3O5S/c1-16-6-12-20(13-7-16)33(31,32)26(14-18-8-10-19(24)11-9-18)15-23(28)25-21-4-3-5-22(17(21)2)27(29)30/h3-13H,14-15H2,1-2H3,(H,25,28). The van der Waals surface area contributed by atoms with Gasteiger partial charge in [-0.2, -0.15) is 4.31 Å². The van der Waals surface area contributed by atoms with Crippen molar-refractivity contribution >= 4 is 27.3 Å². The molecule has 3 rings (SSSR count). The number of anilines is 1. The van der Waals surface area contributed by atoms with Crippen molar-refractivity contribution in [3.8, 4) is 0 Å². The minimum absolute atomic E-state index is 0.00883. The van der Waals surface area contributed by atoms with Crippen LogP contribution in [0.25, 0.3) is 0 Å². The van der Waals surface area contributed by atoms with Crippen LogP contribution in [-0.4, -0.2) is 30.1 Å². The Bertz CT molecular complexity index is 1280. The molecule has 0 aliphatic heterocycles. The summed E-state index contributed by atoms with van der Waals surface area (Å²) in [7, 11) is -4.07. The lowest BCUT2D eigenvalue weighted by Gasteiger charge is -2.22. The number of halogens is 1. The molecule has 0 saturated heterocycles. The van der Waals surface area contributed by atoms with E-state index in [0.29, 0.717) is 5.56 Å². The summed E-state index contributed by atoms with van der Waals surface area (Å²) in [6.07, 6.45) is 0. The van der Waals surface area contributed by atoms with E-state index in [-0.39, 0.29) is 28.4 Å². The first kappa shape index (κ1) is 24.0. The summed E-state index contributed by atoms with van der Waals surface area (Å²) < 4.78 is 40.9. The molecule has 0 atom stereocenters. The number of benzene rings is 3. The van der Waals surface area contributed by atoms with Gasteiger partial charge in [-0.3, -0.25) is 14.9 Å². The molecule has 0 unspecified atom stereocenters. The highest BCUT2D eigenvalue weighted by Gasteiger charge is 2.27. The first-order valence-corrected chi connectivity index (χ1v) is 11.4. The first-order valence-electron chi connectivity index (χ1n) is 9.93. The Morgan fingerprint density at radius 2 is 1.67 bits per heavy atom. The van der Waals surface area contributed by atoms with Crippen molar-refractivity contribution in [2.75, 3.05) is 11.9 Å². The average molecular weight is 472 g/mol. The van der Waals surface area contributed by atoms with E-state index in [4.69, 9.17) is 0 Å². The highest BCUT2D eigenvalue weighted by Crippen LogP contribution is 2.25. The van der Waals surface area contributed by atoms with E-state index in [1.807, 2.05) is 6.92 Å². The summed E-state index contributed by atoms with van der Waals surface area (Å²) >= 11 is 0. The van der Waals surface area contributed by atoms with Gasteiger partial charge in [-0.15, -0.1) is 0 Å². The molecule has 0 aliphatic carbocycles. The molecule has 10 heteroatoms. The first-order chi connectivity index (χ1) is 15.6. The van der Waals surface area contributed by atoms with Gasteiger partial charge in [0.25, 0.3) is 5.69 Å². The summed E-state index contributed by atoms with van der Waals surface area (Å²) in [4.78, 5) is 23.4. The van der Waals surface area contributed by atoms with Crippen LogP contribution in [0.3, 0.4) is 0 Å². The quantitative estimate of drug-likeness (QED) is 0.392. The molecule has 0 saturated carbocycles. The van der Waals surface area contributed by atoms with Crippen LogP contribution in [-0.2, 0) is 21.4 Å². The number of carbonyl (C=O) groups excluding carboxylic acids is 1. The molecule has 0 radical (unpaired) electrons. The largest absolute Gasteiger partial charge is 0.324 e. The molecule has 33 heavy (non-hydrogen) atoms. The van der Waals surface area contributed by atoms with Crippen molar-refractivity contribution in [1.82, 2.24) is 4.31 Å². The number of carbonyl (C=O) groups is 1. The molecule has 172 valence electrons. The number of hydrogen-bond acceptors (Lipinski definition) is 5. The van der Waals surface area contributed by atoms with Gasteiger partial charge in [0.2, 0.25) is 15.9 Å². The van der Waals surface area contributed by atoms with E-state index < -0.39 is 33.2 Å². The summed E-state index contributed by atoms with van der Waals surface area (Å²) in [5.74, 6) is -1.14. The molecule has 1 N–H and O–H groups in total. The average Bonchev–Trinajstić information content (AvgIpc) is 2.76. The van der Waals surface area contributed by atoms with E-state index >= 15 is 0 Å². The van der Waals surface area contributed by atoms with Gasteiger partial charge in [0.1, 0.15) is 5.82 Å². The van der Waals surface area contributed by atoms with Gasteiger partial charge in [0, 0.05) is 12.6 Å². The molecular weight excluding hydrogens is 449 g/mol. The molecule has 0 aromatic heterocycles. The lowest BCUT2D eigenvalue weighted by molar-refractivity contribution is -0.385. The van der Waals surface area contributed by atoms with Gasteiger partial charge in [0.05, 0.1) is 27.6 Å². The molecule has 0 heterocycles. The zero-order valence-corrected chi connectivity index (χ0v) is 18.8. The van der Waals surface area contributed by atoms with Gasteiger partial charge < -0.3 is 5.32 Å². The number of rotatable bonds is 8. The Labute approximate surface area is 190 Å². The van der Waals surface area contributed by atoms with Crippen LogP contribution in [0.5, 0.6) is 0 Å². The Morgan fingerprint density at radius 3 is 2.27 bits per heavy atom. The fourth-order valence-electron chi connectivity index (χ4n) is 3.19. The third-order valence-electron chi connectivity index (χ3n) is 5.03.